The Kier molecular flexibility index (Phi) is 4.95. The summed E-state index contributed by atoms with van der Waals surface area (Å²) in [5.74, 6) is -3.03. The van der Waals surface area contributed by atoms with E-state index in [9.17, 15) is 18.0 Å². The van der Waals surface area contributed by atoms with Gasteiger partial charge in [-0.25, -0.2) is 18.2 Å². The van der Waals surface area contributed by atoms with Crippen molar-refractivity contribution in [1.82, 2.24) is 9.97 Å². The first-order valence-electron chi connectivity index (χ1n) is 9.62. The van der Waals surface area contributed by atoms with Gasteiger partial charge in [-0.1, -0.05) is 0 Å². The minimum atomic E-state index is -1.51. The molecule has 0 unspecified atom stereocenters. The fraction of sp³-hybridized carbons (Fsp3) is 0.450. The van der Waals surface area contributed by atoms with E-state index in [1.165, 1.54) is 0 Å². The highest BCUT2D eigenvalue weighted by atomic mass is 19.2. The number of hydrogen-bond acceptors (Lipinski definition) is 6. The molecule has 0 spiro atoms. The van der Waals surface area contributed by atoms with Gasteiger partial charge in [0.15, 0.2) is 23.3 Å². The maximum Gasteiger partial charge on any atom is 0.249 e. The van der Waals surface area contributed by atoms with Gasteiger partial charge in [-0.05, 0) is 13.8 Å². The average molecular weight is 421 g/mol. The maximum atomic E-state index is 13.3. The number of aromatic nitrogens is 2. The summed E-state index contributed by atoms with van der Waals surface area (Å²) in [5, 5.41) is 3.24. The van der Waals surface area contributed by atoms with Crippen molar-refractivity contribution in [2.24, 2.45) is 0 Å². The van der Waals surface area contributed by atoms with Crippen LogP contribution in [0.15, 0.2) is 12.1 Å². The fourth-order valence-corrected chi connectivity index (χ4v) is 3.75. The maximum absolute atomic E-state index is 13.3. The van der Waals surface area contributed by atoms with Crippen molar-refractivity contribution < 1.29 is 22.7 Å². The molecule has 160 valence electrons. The van der Waals surface area contributed by atoms with Crippen LogP contribution in [0.25, 0.3) is 0 Å². The van der Waals surface area contributed by atoms with Crippen LogP contribution in [-0.2, 0) is 4.79 Å². The van der Waals surface area contributed by atoms with Crippen molar-refractivity contribution >= 4 is 23.4 Å². The van der Waals surface area contributed by atoms with Crippen LogP contribution in [0.5, 0.6) is 5.75 Å². The number of fused-ring (bicyclic) bond motifs is 1. The van der Waals surface area contributed by atoms with Crippen molar-refractivity contribution in [2.75, 3.05) is 29.2 Å². The number of benzene rings is 1. The van der Waals surface area contributed by atoms with Crippen molar-refractivity contribution in [3.63, 3.8) is 0 Å². The third-order valence-corrected chi connectivity index (χ3v) is 5.67. The molecule has 1 atom stereocenters. The van der Waals surface area contributed by atoms with E-state index in [0.29, 0.717) is 36.0 Å². The number of aryl methyl sites for hydroxylation is 1. The first kappa shape index (κ1) is 20.2. The Morgan fingerprint density at radius 3 is 2.40 bits per heavy atom. The Morgan fingerprint density at radius 2 is 1.77 bits per heavy atom. The Balaban J connectivity index is 1.42. The number of halogens is 3. The molecule has 2 aromatic rings. The van der Waals surface area contributed by atoms with Gasteiger partial charge in [-0.15, -0.1) is 0 Å². The molecule has 0 saturated heterocycles. The summed E-state index contributed by atoms with van der Waals surface area (Å²) in [6.07, 6.45) is 0.895. The van der Waals surface area contributed by atoms with E-state index in [1.807, 2.05) is 25.8 Å². The van der Waals surface area contributed by atoms with Crippen molar-refractivity contribution in [2.45, 2.75) is 44.9 Å². The number of ether oxygens (including phenoxy) is 1. The fourth-order valence-electron chi connectivity index (χ4n) is 3.75. The molecule has 7 nitrogen and oxygen atoms in total. The number of anilines is 3. The van der Waals surface area contributed by atoms with Gasteiger partial charge < -0.3 is 19.9 Å². The molecule has 2 heterocycles. The Hall–Kier alpha value is -3.04. The van der Waals surface area contributed by atoms with Gasteiger partial charge >= 0.3 is 0 Å². The predicted molar refractivity (Wildman–Crippen MR) is 105 cm³/mol. The van der Waals surface area contributed by atoms with Crippen LogP contribution in [0.1, 0.15) is 25.5 Å². The van der Waals surface area contributed by atoms with E-state index in [2.05, 4.69) is 15.3 Å². The zero-order valence-electron chi connectivity index (χ0n) is 17.0. The molecule has 2 aliphatic rings. The largest absolute Gasteiger partial charge is 0.490 e. The van der Waals surface area contributed by atoms with Gasteiger partial charge in [0.25, 0.3) is 0 Å². The minimum absolute atomic E-state index is 0.0215. The van der Waals surface area contributed by atoms with Gasteiger partial charge in [0.1, 0.15) is 23.6 Å². The van der Waals surface area contributed by atoms with Gasteiger partial charge in [-0.2, -0.15) is 4.98 Å². The number of rotatable bonds is 4. The van der Waals surface area contributed by atoms with Crippen molar-refractivity contribution in [3.05, 3.63) is 35.3 Å². The second-order valence-electron chi connectivity index (χ2n) is 7.74. The van der Waals surface area contributed by atoms with Gasteiger partial charge in [-0.3, -0.25) is 4.79 Å². The molecule has 1 amide bonds. The number of hydrogen-bond donors (Lipinski definition) is 1. The number of nitrogens with one attached hydrogen (secondary N) is 1. The third kappa shape index (κ3) is 3.40. The quantitative estimate of drug-likeness (QED) is 0.766. The van der Waals surface area contributed by atoms with E-state index in [4.69, 9.17) is 4.74 Å². The number of nitrogens with zero attached hydrogens (tertiary/aromatic N) is 4. The summed E-state index contributed by atoms with van der Waals surface area (Å²) in [7, 11) is 3.53. The highest BCUT2D eigenvalue weighted by molar-refractivity contribution is 6.04. The summed E-state index contributed by atoms with van der Waals surface area (Å²) in [4.78, 5) is 24.8. The van der Waals surface area contributed by atoms with Crippen LogP contribution in [0.3, 0.4) is 0 Å². The van der Waals surface area contributed by atoms with Gasteiger partial charge in [0.05, 0.1) is 5.69 Å². The van der Waals surface area contributed by atoms with Crippen molar-refractivity contribution in [3.8, 4) is 5.75 Å². The first-order valence-corrected chi connectivity index (χ1v) is 9.62. The lowest BCUT2D eigenvalue weighted by molar-refractivity contribution is -0.119. The summed E-state index contributed by atoms with van der Waals surface area (Å²) in [6.45, 7) is 3.64. The lowest BCUT2D eigenvalue weighted by Crippen LogP contribution is -2.50. The van der Waals surface area contributed by atoms with Gasteiger partial charge in [0.2, 0.25) is 11.9 Å². The minimum Gasteiger partial charge on any atom is -0.490 e. The number of likely N-dealkylation sites (N-methyl/N-ethyl adjacent to an activating group) is 2. The number of amides is 1. The lowest BCUT2D eigenvalue weighted by Gasteiger charge is -2.38. The van der Waals surface area contributed by atoms with Crippen LogP contribution in [0.4, 0.5) is 30.6 Å². The average Bonchev–Trinajstić information content (AvgIpc) is 2.66. The summed E-state index contributed by atoms with van der Waals surface area (Å²) in [6, 6.07) is 1.37. The Bertz CT molecular complexity index is 989. The molecule has 1 aromatic heterocycles. The van der Waals surface area contributed by atoms with Gasteiger partial charge in [0, 0.05) is 45.1 Å². The molecule has 1 aromatic carbocycles. The molecule has 1 aliphatic carbocycles. The van der Waals surface area contributed by atoms with E-state index in [1.54, 1.807) is 11.9 Å². The molecule has 0 bridgehead atoms. The smallest absolute Gasteiger partial charge is 0.249 e. The first-order chi connectivity index (χ1) is 14.2. The zero-order valence-corrected chi connectivity index (χ0v) is 17.0. The molecule has 30 heavy (non-hydrogen) atoms. The molecule has 0 radical (unpaired) electrons. The normalized spacial score (nSPS) is 23.2. The predicted octanol–water partition coefficient (Wildman–Crippen LogP) is 3.03. The van der Waals surface area contributed by atoms with Crippen LogP contribution in [0, 0.1) is 24.4 Å². The van der Waals surface area contributed by atoms with E-state index in [0.717, 1.165) is 12.1 Å². The topological polar surface area (TPSA) is 70.6 Å². The van der Waals surface area contributed by atoms with Crippen LogP contribution in [-0.4, -0.2) is 48.2 Å². The Labute approximate surface area is 171 Å². The Morgan fingerprint density at radius 1 is 1.13 bits per heavy atom. The van der Waals surface area contributed by atoms with Crippen LogP contribution >= 0.6 is 0 Å². The second kappa shape index (κ2) is 7.33. The highest BCUT2D eigenvalue weighted by Gasteiger charge is 2.36. The monoisotopic (exact) mass is 421 g/mol. The molecule has 1 aliphatic heterocycles. The standard InChI is InChI=1S/C20H22F3N5O2/c1-9-17-18(27(3)10(2)19(29)28(17)4)26-20(24-9)25-11-5-12(6-11)30-13-7-14(21)16(23)15(22)8-13/h7-8,10-12H,5-6H2,1-4H3,(H,24,25,26)/t10-,11-,12-/m0/s1. The highest BCUT2D eigenvalue weighted by Crippen LogP contribution is 2.36. The molecule has 10 heteroatoms. The van der Waals surface area contributed by atoms with E-state index >= 15 is 0 Å². The zero-order chi connectivity index (χ0) is 21.7. The molecular formula is C20H22F3N5O2. The SMILES string of the molecule is Cc1nc(N[C@H]2C[C@H](Oc3cc(F)c(F)c(F)c3)C2)nc2c1N(C)C(=O)[C@H](C)N2C. The molecular weight excluding hydrogens is 399 g/mol. The van der Waals surface area contributed by atoms with E-state index < -0.39 is 17.5 Å². The second-order valence-corrected chi connectivity index (χ2v) is 7.74. The summed E-state index contributed by atoms with van der Waals surface area (Å²) >= 11 is 0. The number of carbonyl (C=O) groups is 1. The van der Waals surface area contributed by atoms with Crippen LogP contribution in [0.2, 0.25) is 0 Å². The lowest BCUT2D eigenvalue weighted by atomic mass is 9.89. The third-order valence-electron chi connectivity index (χ3n) is 5.67. The van der Waals surface area contributed by atoms with Crippen LogP contribution < -0.4 is 19.9 Å². The summed E-state index contributed by atoms with van der Waals surface area (Å²) < 4.78 is 45.2. The molecule has 4 rings (SSSR count). The number of carbonyl (C=O) groups excluding carboxylic acids is 1. The molecule has 1 saturated carbocycles. The summed E-state index contributed by atoms with van der Waals surface area (Å²) in [5.41, 5.74) is 1.36. The van der Waals surface area contributed by atoms with E-state index in [-0.39, 0.29) is 29.8 Å². The molecule has 1 fully saturated rings. The molecule has 1 N–H and O–H groups in total. The van der Waals surface area contributed by atoms with Crippen molar-refractivity contribution in [1.29, 1.82) is 0 Å².